The second-order valence-electron chi connectivity index (χ2n) is 5.24. The van der Waals surface area contributed by atoms with Gasteiger partial charge in [-0.05, 0) is 48.9 Å². The van der Waals surface area contributed by atoms with Gasteiger partial charge < -0.3 is 15.7 Å². The molecule has 4 nitrogen and oxygen atoms in total. The summed E-state index contributed by atoms with van der Waals surface area (Å²) < 4.78 is 26.0. The Balaban J connectivity index is 1.94. The van der Waals surface area contributed by atoms with Gasteiger partial charge in [-0.1, -0.05) is 6.07 Å². The van der Waals surface area contributed by atoms with E-state index in [1.54, 1.807) is 31.2 Å². The van der Waals surface area contributed by atoms with Crippen LogP contribution in [-0.2, 0) is 6.54 Å². The van der Waals surface area contributed by atoms with Crippen LogP contribution in [0.1, 0.15) is 22.8 Å². The van der Waals surface area contributed by atoms with Crippen LogP contribution in [0.25, 0.3) is 0 Å². The van der Waals surface area contributed by atoms with Crippen molar-refractivity contribution in [3.8, 4) is 0 Å². The molecule has 0 bridgehead atoms. The molecule has 0 fully saturated rings. The fourth-order valence-electron chi connectivity index (χ4n) is 1.95. The molecule has 3 N–H and O–H groups in total. The van der Waals surface area contributed by atoms with Gasteiger partial charge in [-0.2, -0.15) is 0 Å². The smallest absolute Gasteiger partial charge is 0.251 e. The summed E-state index contributed by atoms with van der Waals surface area (Å²) in [5.74, 6) is -2.02. The topological polar surface area (TPSA) is 61.4 Å². The molecule has 0 radical (unpaired) electrons. The number of halogens is 2. The lowest BCUT2D eigenvalue weighted by molar-refractivity contribution is 0.0922. The zero-order chi connectivity index (χ0) is 16.8. The highest BCUT2D eigenvalue weighted by Gasteiger charge is 2.08. The fraction of sp³-hybridized carbons (Fsp3) is 0.235. The van der Waals surface area contributed by atoms with Crippen LogP contribution in [-0.4, -0.2) is 23.7 Å². The lowest BCUT2D eigenvalue weighted by atomic mass is 10.1. The molecule has 0 aliphatic carbocycles. The normalized spacial score (nSPS) is 11.8. The van der Waals surface area contributed by atoms with E-state index < -0.39 is 11.6 Å². The summed E-state index contributed by atoms with van der Waals surface area (Å²) in [5, 5.41) is 14.6. The number of aliphatic hydroxyl groups is 1. The summed E-state index contributed by atoms with van der Waals surface area (Å²) in [5.41, 5.74) is 1.84. The van der Waals surface area contributed by atoms with Crippen LogP contribution in [0.15, 0.2) is 42.5 Å². The van der Waals surface area contributed by atoms with Crippen molar-refractivity contribution in [3.63, 3.8) is 0 Å². The Morgan fingerprint density at radius 2 is 1.83 bits per heavy atom. The maximum Gasteiger partial charge on any atom is 0.251 e. The summed E-state index contributed by atoms with van der Waals surface area (Å²) in [4.78, 5) is 11.9. The number of hydrogen-bond donors (Lipinski definition) is 3. The number of hydrogen-bond acceptors (Lipinski definition) is 3. The second-order valence-corrected chi connectivity index (χ2v) is 5.24. The third-order valence-corrected chi connectivity index (χ3v) is 3.28. The van der Waals surface area contributed by atoms with Crippen molar-refractivity contribution in [1.29, 1.82) is 0 Å². The first-order valence-corrected chi connectivity index (χ1v) is 7.19. The van der Waals surface area contributed by atoms with Crippen molar-refractivity contribution in [2.75, 3.05) is 11.9 Å². The van der Waals surface area contributed by atoms with E-state index in [4.69, 9.17) is 5.11 Å². The number of amides is 1. The standard InChI is InChI=1S/C17H18F2N2O2/c1-11(10-22)21-17(23)13-3-5-14(6-4-13)20-9-12-2-7-15(18)16(19)8-12/h2-8,11,20,22H,9-10H2,1H3,(H,21,23)/t11-/m0/s1. The molecule has 0 aliphatic rings. The van der Waals surface area contributed by atoms with Crippen LogP contribution in [0.5, 0.6) is 0 Å². The number of nitrogens with one attached hydrogen (secondary N) is 2. The van der Waals surface area contributed by atoms with E-state index in [1.165, 1.54) is 6.07 Å². The SMILES string of the molecule is C[C@@H](CO)NC(=O)c1ccc(NCc2ccc(F)c(F)c2)cc1. The first-order chi connectivity index (χ1) is 11.0. The average Bonchev–Trinajstić information content (AvgIpc) is 2.56. The van der Waals surface area contributed by atoms with Crippen molar-refractivity contribution < 1.29 is 18.7 Å². The van der Waals surface area contributed by atoms with E-state index in [2.05, 4.69) is 10.6 Å². The molecule has 1 atom stereocenters. The predicted octanol–water partition coefficient (Wildman–Crippen LogP) is 2.69. The quantitative estimate of drug-likeness (QED) is 0.767. The van der Waals surface area contributed by atoms with E-state index in [9.17, 15) is 13.6 Å². The molecule has 2 aromatic carbocycles. The third-order valence-electron chi connectivity index (χ3n) is 3.28. The van der Waals surface area contributed by atoms with E-state index >= 15 is 0 Å². The van der Waals surface area contributed by atoms with Gasteiger partial charge in [0, 0.05) is 23.8 Å². The number of carbonyl (C=O) groups is 1. The molecular formula is C17H18F2N2O2. The summed E-state index contributed by atoms with van der Waals surface area (Å²) in [6.45, 7) is 1.92. The second kappa shape index (κ2) is 7.69. The molecule has 23 heavy (non-hydrogen) atoms. The number of carbonyl (C=O) groups excluding carboxylic acids is 1. The van der Waals surface area contributed by atoms with E-state index in [-0.39, 0.29) is 18.6 Å². The summed E-state index contributed by atoms with van der Waals surface area (Å²) in [7, 11) is 0. The molecular weight excluding hydrogens is 302 g/mol. The van der Waals surface area contributed by atoms with Crippen LogP contribution >= 0.6 is 0 Å². The number of rotatable bonds is 6. The Morgan fingerprint density at radius 3 is 2.43 bits per heavy atom. The van der Waals surface area contributed by atoms with Crippen molar-refractivity contribution in [3.05, 3.63) is 65.2 Å². The molecule has 122 valence electrons. The van der Waals surface area contributed by atoms with E-state index in [1.807, 2.05) is 0 Å². The van der Waals surface area contributed by atoms with Crippen LogP contribution in [0, 0.1) is 11.6 Å². The van der Waals surface area contributed by atoms with Gasteiger partial charge in [0.15, 0.2) is 11.6 Å². The van der Waals surface area contributed by atoms with E-state index in [0.29, 0.717) is 17.7 Å². The maximum absolute atomic E-state index is 13.1. The van der Waals surface area contributed by atoms with Crippen LogP contribution in [0.3, 0.4) is 0 Å². The van der Waals surface area contributed by atoms with Gasteiger partial charge in [0.25, 0.3) is 5.91 Å². The minimum Gasteiger partial charge on any atom is -0.394 e. The van der Waals surface area contributed by atoms with Gasteiger partial charge in [-0.25, -0.2) is 8.78 Å². The Morgan fingerprint density at radius 1 is 1.13 bits per heavy atom. The molecule has 0 unspecified atom stereocenters. The largest absolute Gasteiger partial charge is 0.394 e. The number of anilines is 1. The first kappa shape index (κ1) is 16.9. The van der Waals surface area contributed by atoms with Crippen molar-refractivity contribution >= 4 is 11.6 Å². The van der Waals surface area contributed by atoms with Gasteiger partial charge in [0.2, 0.25) is 0 Å². The molecule has 2 aromatic rings. The molecule has 0 aromatic heterocycles. The number of benzene rings is 2. The Labute approximate surface area is 133 Å². The monoisotopic (exact) mass is 320 g/mol. The van der Waals surface area contributed by atoms with Crippen molar-refractivity contribution in [1.82, 2.24) is 5.32 Å². The highest BCUT2D eigenvalue weighted by atomic mass is 19.2. The average molecular weight is 320 g/mol. The lowest BCUT2D eigenvalue weighted by Crippen LogP contribution is -2.34. The number of aliphatic hydroxyl groups excluding tert-OH is 1. The molecule has 0 heterocycles. The molecule has 0 saturated heterocycles. The zero-order valence-electron chi connectivity index (χ0n) is 12.6. The van der Waals surface area contributed by atoms with Gasteiger partial charge >= 0.3 is 0 Å². The van der Waals surface area contributed by atoms with Gasteiger partial charge in [-0.15, -0.1) is 0 Å². The van der Waals surface area contributed by atoms with Crippen molar-refractivity contribution in [2.24, 2.45) is 0 Å². The minimum atomic E-state index is -0.880. The fourth-order valence-corrected chi connectivity index (χ4v) is 1.95. The van der Waals surface area contributed by atoms with Crippen molar-refractivity contribution in [2.45, 2.75) is 19.5 Å². The Bertz CT molecular complexity index is 675. The summed E-state index contributed by atoms with van der Waals surface area (Å²) >= 11 is 0. The summed E-state index contributed by atoms with van der Waals surface area (Å²) in [6, 6.07) is 10.1. The first-order valence-electron chi connectivity index (χ1n) is 7.19. The molecule has 0 saturated carbocycles. The summed E-state index contributed by atoms with van der Waals surface area (Å²) in [6.07, 6.45) is 0. The third kappa shape index (κ3) is 4.75. The Kier molecular flexibility index (Phi) is 5.65. The van der Waals surface area contributed by atoms with Crippen LogP contribution in [0.4, 0.5) is 14.5 Å². The van der Waals surface area contributed by atoms with Gasteiger partial charge in [0.05, 0.1) is 6.61 Å². The molecule has 1 amide bonds. The highest BCUT2D eigenvalue weighted by Crippen LogP contribution is 2.13. The highest BCUT2D eigenvalue weighted by molar-refractivity contribution is 5.94. The van der Waals surface area contributed by atoms with Gasteiger partial charge in [-0.3, -0.25) is 4.79 Å². The van der Waals surface area contributed by atoms with Crippen LogP contribution < -0.4 is 10.6 Å². The van der Waals surface area contributed by atoms with Gasteiger partial charge in [0.1, 0.15) is 0 Å². The van der Waals surface area contributed by atoms with Crippen LogP contribution in [0.2, 0.25) is 0 Å². The molecule has 6 heteroatoms. The van der Waals surface area contributed by atoms with E-state index in [0.717, 1.165) is 17.8 Å². The maximum atomic E-state index is 13.1. The lowest BCUT2D eigenvalue weighted by Gasteiger charge is -2.11. The molecule has 0 aliphatic heterocycles. The molecule has 0 spiro atoms. The Hall–Kier alpha value is -2.47. The molecule has 2 rings (SSSR count). The zero-order valence-corrected chi connectivity index (χ0v) is 12.6. The predicted molar refractivity (Wildman–Crippen MR) is 84.1 cm³/mol. The minimum absolute atomic E-state index is 0.125.